The Morgan fingerprint density at radius 3 is 2.19 bits per heavy atom. The Hall–Kier alpha value is -3.13. The Bertz CT molecular complexity index is 889. The number of aromatic nitrogens is 3. The number of anilines is 4. The van der Waals surface area contributed by atoms with Gasteiger partial charge >= 0.3 is 0 Å². The molecule has 2 aromatic carbocycles. The average molecular weight is 380 g/mol. The van der Waals surface area contributed by atoms with Crippen LogP contribution in [-0.4, -0.2) is 40.7 Å². The molecule has 3 rings (SSSR count). The number of carbonyl (C=O) groups is 1. The van der Waals surface area contributed by atoms with E-state index in [2.05, 4.69) is 25.6 Å². The molecular weight excluding hydrogens is 360 g/mol. The van der Waals surface area contributed by atoms with Crippen molar-refractivity contribution in [3.63, 3.8) is 0 Å². The summed E-state index contributed by atoms with van der Waals surface area (Å²) >= 11 is 1.26. The van der Waals surface area contributed by atoms with Gasteiger partial charge in [-0.3, -0.25) is 4.79 Å². The number of thioether (sulfide) groups is 1. The zero-order chi connectivity index (χ0) is 19.1. The number of nitrogens with zero attached hydrogens (tertiary/aromatic N) is 4. The topological polar surface area (TPSA) is 83.0 Å². The van der Waals surface area contributed by atoms with E-state index in [-0.39, 0.29) is 11.7 Å². The molecule has 0 aliphatic rings. The maximum absolute atomic E-state index is 12.2. The highest BCUT2D eigenvalue weighted by atomic mass is 32.2. The lowest BCUT2D eigenvalue weighted by Crippen LogP contribution is -2.16. The standard InChI is InChI=1S/C19H20N6OS/c1-25(2)18-22-17(21-15-11-7-4-8-12-15)23-19(24-18)27-13-16(26)20-14-9-5-3-6-10-14/h3-12H,13H2,1-2H3,(H,20,26)(H,21,22,23,24). The largest absolute Gasteiger partial charge is 0.347 e. The van der Waals surface area contributed by atoms with E-state index in [9.17, 15) is 4.79 Å². The molecule has 0 saturated carbocycles. The first-order valence-corrected chi connectivity index (χ1v) is 9.32. The van der Waals surface area contributed by atoms with Gasteiger partial charge in [-0.25, -0.2) is 0 Å². The number of rotatable bonds is 7. The quantitative estimate of drug-likeness (QED) is 0.608. The van der Waals surface area contributed by atoms with Crippen molar-refractivity contribution in [1.82, 2.24) is 15.0 Å². The summed E-state index contributed by atoms with van der Waals surface area (Å²) in [6, 6.07) is 19.0. The van der Waals surface area contributed by atoms with Crippen molar-refractivity contribution in [2.24, 2.45) is 0 Å². The normalized spacial score (nSPS) is 10.3. The summed E-state index contributed by atoms with van der Waals surface area (Å²) in [7, 11) is 3.72. The van der Waals surface area contributed by atoms with Gasteiger partial charge in [0.05, 0.1) is 5.75 Å². The van der Waals surface area contributed by atoms with Crippen LogP contribution in [-0.2, 0) is 4.79 Å². The van der Waals surface area contributed by atoms with Crippen LogP contribution in [0.2, 0.25) is 0 Å². The van der Waals surface area contributed by atoms with E-state index in [1.165, 1.54) is 11.8 Å². The maximum Gasteiger partial charge on any atom is 0.234 e. The number of hydrogen-bond donors (Lipinski definition) is 2. The zero-order valence-corrected chi connectivity index (χ0v) is 15.9. The number of amides is 1. The average Bonchev–Trinajstić information content (AvgIpc) is 2.68. The fraction of sp³-hybridized carbons (Fsp3) is 0.158. The lowest BCUT2D eigenvalue weighted by Gasteiger charge is -2.13. The minimum Gasteiger partial charge on any atom is -0.347 e. The third-order valence-electron chi connectivity index (χ3n) is 3.42. The Morgan fingerprint density at radius 1 is 0.926 bits per heavy atom. The van der Waals surface area contributed by atoms with Crippen LogP contribution in [0.1, 0.15) is 0 Å². The first-order chi connectivity index (χ1) is 13.1. The molecule has 3 aromatic rings. The Morgan fingerprint density at radius 2 is 1.56 bits per heavy atom. The SMILES string of the molecule is CN(C)c1nc(Nc2ccccc2)nc(SCC(=O)Nc2ccccc2)n1. The van der Waals surface area contributed by atoms with E-state index in [0.717, 1.165) is 11.4 Å². The monoisotopic (exact) mass is 380 g/mol. The van der Waals surface area contributed by atoms with Gasteiger partial charge in [0.1, 0.15) is 0 Å². The molecular formula is C19H20N6OS. The minimum absolute atomic E-state index is 0.115. The van der Waals surface area contributed by atoms with Crippen LogP contribution in [0, 0.1) is 0 Å². The van der Waals surface area contributed by atoms with Gasteiger partial charge < -0.3 is 15.5 Å². The van der Waals surface area contributed by atoms with E-state index in [0.29, 0.717) is 17.1 Å². The summed E-state index contributed by atoms with van der Waals surface area (Å²) in [6.07, 6.45) is 0. The summed E-state index contributed by atoms with van der Waals surface area (Å²) in [5.41, 5.74) is 1.64. The molecule has 1 heterocycles. The van der Waals surface area contributed by atoms with Crippen molar-refractivity contribution in [2.45, 2.75) is 5.16 Å². The van der Waals surface area contributed by atoms with Crippen LogP contribution < -0.4 is 15.5 Å². The van der Waals surface area contributed by atoms with E-state index >= 15 is 0 Å². The molecule has 0 aliphatic heterocycles. The van der Waals surface area contributed by atoms with Crippen LogP contribution >= 0.6 is 11.8 Å². The fourth-order valence-corrected chi connectivity index (χ4v) is 2.80. The third kappa shape index (κ3) is 5.68. The highest BCUT2D eigenvalue weighted by Crippen LogP contribution is 2.20. The summed E-state index contributed by atoms with van der Waals surface area (Å²) in [5, 5.41) is 6.49. The molecule has 2 N–H and O–H groups in total. The second-order valence-corrected chi connectivity index (χ2v) is 6.77. The summed E-state index contributed by atoms with van der Waals surface area (Å²) < 4.78 is 0. The van der Waals surface area contributed by atoms with Crippen molar-refractivity contribution in [1.29, 1.82) is 0 Å². The Balaban J connectivity index is 1.69. The second kappa shape index (κ2) is 9.00. The van der Waals surface area contributed by atoms with Gasteiger partial charge in [0.25, 0.3) is 0 Å². The minimum atomic E-state index is -0.115. The van der Waals surface area contributed by atoms with Crippen molar-refractivity contribution < 1.29 is 4.79 Å². The lowest BCUT2D eigenvalue weighted by atomic mass is 10.3. The van der Waals surface area contributed by atoms with E-state index in [1.54, 1.807) is 4.90 Å². The molecule has 0 fully saturated rings. The van der Waals surface area contributed by atoms with Gasteiger partial charge in [0.2, 0.25) is 17.8 Å². The predicted octanol–water partition coefficient (Wildman–Crippen LogP) is 3.41. The van der Waals surface area contributed by atoms with Gasteiger partial charge in [0.15, 0.2) is 5.16 Å². The number of para-hydroxylation sites is 2. The highest BCUT2D eigenvalue weighted by molar-refractivity contribution is 7.99. The van der Waals surface area contributed by atoms with Crippen LogP contribution in [0.3, 0.4) is 0 Å². The van der Waals surface area contributed by atoms with Crippen LogP contribution in [0.4, 0.5) is 23.3 Å². The van der Waals surface area contributed by atoms with Crippen LogP contribution in [0.25, 0.3) is 0 Å². The molecule has 1 aromatic heterocycles. The Kier molecular flexibility index (Phi) is 6.22. The van der Waals surface area contributed by atoms with Crippen molar-refractivity contribution >= 4 is 40.9 Å². The molecule has 0 aliphatic carbocycles. The fourth-order valence-electron chi connectivity index (χ4n) is 2.17. The van der Waals surface area contributed by atoms with E-state index < -0.39 is 0 Å². The molecule has 0 atom stereocenters. The molecule has 7 nitrogen and oxygen atoms in total. The molecule has 0 spiro atoms. The van der Waals surface area contributed by atoms with Gasteiger partial charge in [-0.15, -0.1) is 0 Å². The number of hydrogen-bond acceptors (Lipinski definition) is 7. The summed E-state index contributed by atoms with van der Waals surface area (Å²) in [4.78, 5) is 27.2. The predicted molar refractivity (Wildman–Crippen MR) is 110 cm³/mol. The van der Waals surface area contributed by atoms with Crippen molar-refractivity contribution in [3.8, 4) is 0 Å². The molecule has 0 saturated heterocycles. The van der Waals surface area contributed by atoms with Gasteiger partial charge in [0, 0.05) is 25.5 Å². The number of nitrogens with one attached hydrogen (secondary N) is 2. The van der Waals surface area contributed by atoms with Crippen molar-refractivity contribution in [3.05, 3.63) is 60.7 Å². The van der Waals surface area contributed by atoms with Gasteiger partial charge in [-0.05, 0) is 24.3 Å². The first kappa shape index (κ1) is 18.7. The van der Waals surface area contributed by atoms with Crippen molar-refractivity contribution in [2.75, 3.05) is 35.4 Å². The lowest BCUT2D eigenvalue weighted by molar-refractivity contribution is -0.113. The van der Waals surface area contributed by atoms with Gasteiger partial charge in [-0.1, -0.05) is 48.2 Å². The first-order valence-electron chi connectivity index (χ1n) is 8.33. The Labute approximate surface area is 162 Å². The summed E-state index contributed by atoms with van der Waals surface area (Å²) in [5.74, 6) is 1.05. The smallest absolute Gasteiger partial charge is 0.234 e. The van der Waals surface area contributed by atoms with Crippen LogP contribution in [0.5, 0.6) is 0 Å². The van der Waals surface area contributed by atoms with E-state index in [1.807, 2.05) is 74.8 Å². The molecule has 8 heteroatoms. The highest BCUT2D eigenvalue weighted by Gasteiger charge is 2.11. The molecule has 0 bridgehead atoms. The molecule has 0 unspecified atom stereocenters. The molecule has 0 radical (unpaired) electrons. The number of benzene rings is 2. The molecule has 27 heavy (non-hydrogen) atoms. The third-order valence-corrected chi connectivity index (χ3v) is 4.27. The number of carbonyl (C=O) groups excluding carboxylic acids is 1. The summed E-state index contributed by atoms with van der Waals surface area (Å²) in [6.45, 7) is 0. The molecule has 1 amide bonds. The van der Waals surface area contributed by atoms with Gasteiger partial charge in [-0.2, -0.15) is 15.0 Å². The van der Waals surface area contributed by atoms with Crippen LogP contribution in [0.15, 0.2) is 65.8 Å². The zero-order valence-electron chi connectivity index (χ0n) is 15.1. The van der Waals surface area contributed by atoms with E-state index in [4.69, 9.17) is 0 Å². The second-order valence-electron chi connectivity index (χ2n) is 5.83. The molecule has 138 valence electrons. The maximum atomic E-state index is 12.2.